The zero-order chi connectivity index (χ0) is 16.8. The quantitative estimate of drug-likeness (QED) is 0.721. The van der Waals surface area contributed by atoms with Crippen LogP contribution in [-0.2, 0) is 5.41 Å². The van der Waals surface area contributed by atoms with Gasteiger partial charge < -0.3 is 15.7 Å². The minimum absolute atomic E-state index is 0.00331. The number of carbonyl (C=O) groups is 1. The Bertz CT molecular complexity index is 493. The minimum Gasteiger partial charge on any atom is -0.395 e. The summed E-state index contributed by atoms with van der Waals surface area (Å²) in [7, 11) is 0. The smallest absolute Gasteiger partial charge is 0.315 e. The number of carbonyl (C=O) groups excluding carboxylic acids is 1. The van der Waals surface area contributed by atoms with Crippen LogP contribution < -0.4 is 10.6 Å². The molecule has 1 aromatic carbocycles. The van der Waals surface area contributed by atoms with Gasteiger partial charge in [-0.3, -0.25) is 0 Å². The molecule has 6 heteroatoms. The minimum atomic E-state index is -0.512. The molecular formula is C16H25FN2O2S. The van der Waals surface area contributed by atoms with Gasteiger partial charge in [0.2, 0.25) is 0 Å². The van der Waals surface area contributed by atoms with Crippen molar-refractivity contribution in [3.63, 3.8) is 0 Å². The predicted octanol–water partition coefficient (Wildman–Crippen LogP) is 2.51. The van der Waals surface area contributed by atoms with Gasteiger partial charge in [0.25, 0.3) is 0 Å². The Morgan fingerprint density at radius 2 is 2.05 bits per heavy atom. The highest BCUT2D eigenvalue weighted by atomic mass is 32.2. The van der Waals surface area contributed by atoms with Gasteiger partial charge in [0.15, 0.2) is 0 Å². The fourth-order valence-corrected chi connectivity index (χ4v) is 2.82. The molecule has 3 N–H and O–H groups in total. The third-order valence-corrected chi connectivity index (χ3v) is 4.86. The van der Waals surface area contributed by atoms with E-state index in [1.54, 1.807) is 18.2 Å². The standard InChI is InChI=1S/C16H25FN2O2S/c1-11(14(9-20)22-4)19-15(21)18-10-16(2,3)12-7-5-6-8-13(12)17/h5-8,11,14,20H,9-10H2,1-4H3,(H2,18,19,21). The van der Waals surface area contributed by atoms with Crippen molar-refractivity contribution >= 4 is 17.8 Å². The lowest BCUT2D eigenvalue weighted by atomic mass is 9.84. The van der Waals surface area contributed by atoms with E-state index in [1.165, 1.54) is 17.8 Å². The second-order valence-electron chi connectivity index (χ2n) is 5.94. The molecule has 0 aliphatic rings. The number of nitrogens with one attached hydrogen (secondary N) is 2. The van der Waals surface area contributed by atoms with Crippen LogP contribution in [0.4, 0.5) is 9.18 Å². The van der Waals surface area contributed by atoms with Gasteiger partial charge in [0.05, 0.1) is 6.61 Å². The molecule has 1 aromatic rings. The van der Waals surface area contributed by atoms with Gasteiger partial charge in [-0.15, -0.1) is 0 Å². The van der Waals surface area contributed by atoms with Crippen LogP contribution in [0, 0.1) is 5.82 Å². The summed E-state index contributed by atoms with van der Waals surface area (Å²) in [6, 6.07) is 6.11. The number of amides is 2. The summed E-state index contributed by atoms with van der Waals surface area (Å²) in [4.78, 5) is 11.9. The molecular weight excluding hydrogens is 303 g/mol. The molecule has 4 nitrogen and oxygen atoms in total. The second-order valence-corrected chi connectivity index (χ2v) is 7.01. The van der Waals surface area contributed by atoms with E-state index in [4.69, 9.17) is 0 Å². The predicted molar refractivity (Wildman–Crippen MR) is 89.8 cm³/mol. The Balaban J connectivity index is 2.58. The third-order valence-electron chi connectivity index (χ3n) is 3.69. The normalized spacial score (nSPS) is 14.3. The van der Waals surface area contributed by atoms with E-state index < -0.39 is 5.41 Å². The van der Waals surface area contributed by atoms with Crippen molar-refractivity contribution in [3.05, 3.63) is 35.6 Å². The highest BCUT2D eigenvalue weighted by Gasteiger charge is 2.25. The molecule has 0 spiro atoms. The molecule has 1 rings (SSSR count). The van der Waals surface area contributed by atoms with Crippen molar-refractivity contribution in [1.29, 1.82) is 0 Å². The van der Waals surface area contributed by atoms with Crippen molar-refractivity contribution < 1.29 is 14.3 Å². The summed E-state index contributed by atoms with van der Waals surface area (Å²) < 4.78 is 13.9. The average molecular weight is 328 g/mol. The number of urea groups is 1. The molecule has 22 heavy (non-hydrogen) atoms. The van der Waals surface area contributed by atoms with E-state index in [0.29, 0.717) is 12.1 Å². The summed E-state index contributed by atoms with van der Waals surface area (Å²) in [6.07, 6.45) is 1.89. The van der Waals surface area contributed by atoms with Crippen molar-refractivity contribution in [1.82, 2.24) is 10.6 Å². The van der Waals surface area contributed by atoms with E-state index >= 15 is 0 Å². The van der Waals surface area contributed by atoms with Crippen molar-refractivity contribution in [2.24, 2.45) is 0 Å². The van der Waals surface area contributed by atoms with E-state index in [0.717, 1.165) is 0 Å². The van der Waals surface area contributed by atoms with Crippen LogP contribution in [-0.4, -0.2) is 41.8 Å². The topological polar surface area (TPSA) is 61.4 Å². The molecule has 0 aromatic heterocycles. The van der Waals surface area contributed by atoms with Gasteiger partial charge in [0, 0.05) is 23.3 Å². The highest BCUT2D eigenvalue weighted by molar-refractivity contribution is 7.99. The Labute approximate surface area is 135 Å². The second kappa shape index (κ2) is 8.39. The summed E-state index contributed by atoms with van der Waals surface area (Å²) in [5.41, 5.74) is 0.0580. The van der Waals surface area contributed by atoms with Crippen LogP contribution in [0.25, 0.3) is 0 Å². The van der Waals surface area contributed by atoms with Gasteiger partial charge in [-0.2, -0.15) is 11.8 Å². The zero-order valence-electron chi connectivity index (χ0n) is 13.5. The monoisotopic (exact) mass is 328 g/mol. The Morgan fingerprint density at radius 1 is 1.41 bits per heavy atom. The van der Waals surface area contributed by atoms with Crippen LogP contribution in [0.3, 0.4) is 0 Å². The summed E-state index contributed by atoms with van der Waals surface area (Å²) in [5, 5.41) is 14.7. The zero-order valence-corrected chi connectivity index (χ0v) is 14.3. The maximum absolute atomic E-state index is 13.9. The number of hydrogen-bond acceptors (Lipinski definition) is 3. The Hall–Kier alpha value is -1.27. The van der Waals surface area contributed by atoms with Gasteiger partial charge >= 0.3 is 6.03 Å². The van der Waals surface area contributed by atoms with Crippen molar-refractivity contribution in [2.75, 3.05) is 19.4 Å². The molecule has 0 fully saturated rings. The summed E-state index contributed by atoms with van der Waals surface area (Å²) >= 11 is 1.50. The van der Waals surface area contributed by atoms with Gasteiger partial charge in [0.1, 0.15) is 5.82 Å². The van der Waals surface area contributed by atoms with E-state index in [1.807, 2.05) is 27.0 Å². The maximum Gasteiger partial charge on any atom is 0.315 e. The molecule has 0 heterocycles. The number of rotatable bonds is 7. The number of benzene rings is 1. The summed E-state index contributed by atoms with van der Waals surface area (Å²) in [5.74, 6) is -0.272. The van der Waals surface area contributed by atoms with Gasteiger partial charge in [-0.1, -0.05) is 32.0 Å². The molecule has 0 aliphatic carbocycles. The molecule has 0 saturated heterocycles. The maximum atomic E-state index is 13.9. The largest absolute Gasteiger partial charge is 0.395 e. The summed E-state index contributed by atoms with van der Waals surface area (Å²) in [6.45, 7) is 5.93. The molecule has 2 amide bonds. The average Bonchev–Trinajstić information content (AvgIpc) is 2.47. The van der Waals surface area contributed by atoms with Gasteiger partial charge in [-0.25, -0.2) is 9.18 Å². The third kappa shape index (κ3) is 5.18. The first-order valence-corrected chi connectivity index (χ1v) is 8.53. The van der Waals surface area contributed by atoms with Crippen LogP contribution in [0.2, 0.25) is 0 Å². The molecule has 124 valence electrons. The number of aliphatic hydroxyl groups excluding tert-OH is 1. The molecule has 2 unspecified atom stereocenters. The van der Waals surface area contributed by atoms with E-state index in [2.05, 4.69) is 10.6 Å². The van der Waals surface area contributed by atoms with E-state index in [-0.39, 0.29) is 29.7 Å². The lowest BCUT2D eigenvalue weighted by Crippen LogP contribution is -2.48. The van der Waals surface area contributed by atoms with E-state index in [9.17, 15) is 14.3 Å². The van der Waals surface area contributed by atoms with Crippen LogP contribution in [0.5, 0.6) is 0 Å². The Kier molecular flexibility index (Phi) is 7.16. The Morgan fingerprint density at radius 3 is 2.59 bits per heavy atom. The van der Waals surface area contributed by atoms with Crippen LogP contribution >= 0.6 is 11.8 Å². The molecule has 0 saturated carbocycles. The van der Waals surface area contributed by atoms with Crippen LogP contribution in [0.15, 0.2) is 24.3 Å². The number of halogens is 1. The molecule has 0 radical (unpaired) electrons. The van der Waals surface area contributed by atoms with Crippen molar-refractivity contribution in [3.8, 4) is 0 Å². The number of aliphatic hydroxyl groups is 1. The van der Waals surface area contributed by atoms with Crippen LogP contribution in [0.1, 0.15) is 26.3 Å². The first kappa shape index (κ1) is 18.8. The SMILES string of the molecule is CSC(CO)C(C)NC(=O)NCC(C)(C)c1ccccc1F. The number of thioether (sulfide) groups is 1. The fourth-order valence-electron chi connectivity index (χ4n) is 2.19. The molecule has 0 bridgehead atoms. The molecule has 0 aliphatic heterocycles. The highest BCUT2D eigenvalue weighted by Crippen LogP contribution is 2.24. The fraction of sp³-hybridized carbons (Fsp3) is 0.562. The molecule has 2 atom stereocenters. The van der Waals surface area contributed by atoms with Gasteiger partial charge in [-0.05, 0) is 24.8 Å². The number of hydrogen-bond donors (Lipinski definition) is 3. The lowest BCUT2D eigenvalue weighted by Gasteiger charge is -2.27. The first-order valence-electron chi connectivity index (χ1n) is 7.25. The van der Waals surface area contributed by atoms with Crippen molar-refractivity contribution in [2.45, 2.75) is 37.5 Å². The first-order chi connectivity index (χ1) is 10.3. The lowest BCUT2D eigenvalue weighted by molar-refractivity contribution is 0.230.